The summed E-state index contributed by atoms with van der Waals surface area (Å²) in [5.74, 6) is 1.04. The highest BCUT2D eigenvalue weighted by Gasteiger charge is 2.36. The van der Waals surface area contributed by atoms with Crippen LogP contribution in [0.3, 0.4) is 0 Å². The number of nitrogens with zero attached hydrogens (tertiary/aromatic N) is 7. The summed E-state index contributed by atoms with van der Waals surface area (Å²) in [4.78, 5) is 43.9. The molecule has 2 aromatic heterocycles. The van der Waals surface area contributed by atoms with E-state index in [9.17, 15) is 9.59 Å². The van der Waals surface area contributed by atoms with E-state index in [1.54, 1.807) is 18.2 Å². The maximum Gasteiger partial charge on any atom is 0.234 e. The molecular weight excluding hydrogens is 728 g/mol. The highest BCUT2D eigenvalue weighted by molar-refractivity contribution is 8.02. The molecule has 3 aromatic carbocycles. The van der Waals surface area contributed by atoms with E-state index < -0.39 is 0 Å². The summed E-state index contributed by atoms with van der Waals surface area (Å²) < 4.78 is 20.2. The molecule has 14 heteroatoms. The number of hydrogen-bond donors (Lipinski definition) is 3. The maximum absolute atomic E-state index is 15.7. The van der Waals surface area contributed by atoms with Crippen molar-refractivity contribution in [1.82, 2.24) is 25.2 Å². The number of aromatic amines is 1. The zero-order chi connectivity index (χ0) is 37.8. The number of aromatic nitrogens is 3. The molecule has 3 saturated heterocycles. The number of halogens is 1. The van der Waals surface area contributed by atoms with Gasteiger partial charge in [0.1, 0.15) is 11.5 Å². The van der Waals surface area contributed by atoms with Crippen LogP contribution in [0.5, 0.6) is 0 Å². The van der Waals surface area contributed by atoms with Gasteiger partial charge in [-0.2, -0.15) is 9.97 Å². The Bertz CT molecular complexity index is 2290. The van der Waals surface area contributed by atoms with Gasteiger partial charge in [-0.25, -0.2) is 8.70 Å². The number of carbonyl (C=O) groups is 2. The van der Waals surface area contributed by atoms with E-state index in [1.165, 1.54) is 23.4 Å². The Hall–Kier alpha value is -5.34. The van der Waals surface area contributed by atoms with E-state index in [2.05, 4.69) is 69.3 Å². The molecule has 56 heavy (non-hydrogen) atoms. The Labute approximate surface area is 329 Å². The van der Waals surface area contributed by atoms with E-state index in [0.29, 0.717) is 36.1 Å². The van der Waals surface area contributed by atoms with E-state index in [0.717, 1.165) is 99.7 Å². The Kier molecular flexibility index (Phi) is 9.17. The molecule has 5 aliphatic rings. The van der Waals surface area contributed by atoms with Gasteiger partial charge in [0.15, 0.2) is 5.82 Å². The van der Waals surface area contributed by atoms with Crippen LogP contribution in [0.25, 0.3) is 11.0 Å². The van der Waals surface area contributed by atoms with Crippen molar-refractivity contribution in [2.75, 3.05) is 76.1 Å². The van der Waals surface area contributed by atoms with Crippen LogP contribution in [0.1, 0.15) is 49.1 Å². The first-order valence-corrected chi connectivity index (χ1v) is 20.6. The van der Waals surface area contributed by atoms with Gasteiger partial charge in [-0.1, -0.05) is 24.3 Å². The second-order valence-corrected chi connectivity index (χ2v) is 16.5. The molecule has 3 N–H and O–H groups in total. The number of amides is 2. The first-order chi connectivity index (χ1) is 27.4. The van der Waals surface area contributed by atoms with Gasteiger partial charge in [0.2, 0.25) is 17.8 Å². The Morgan fingerprint density at radius 3 is 2.48 bits per heavy atom. The highest BCUT2D eigenvalue weighted by atomic mass is 32.2. The minimum absolute atomic E-state index is 0.180. The molecule has 7 heterocycles. The molecule has 0 aliphatic carbocycles. The lowest BCUT2D eigenvalue weighted by atomic mass is 9.90. The number of carbonyl (C=O) groups excluding carboxylic acids is 2. The molecule has 0 radical (unpaired) electrons. The minimum Gasteiger partial charge on any atom is -0.372 e. The van der Waals surface area contributed by atoms with Crippen molar-refractivity contribution < 1.29 is 14.0 Å². The quantitative estimate of drug-likeness (QED) is 0.108. The molecule has 5 aromatic rings. The lowest BCUT2D eigenvalue weighted by molar-refractivity contribution is -0.134. The summed E-state index contributed by atoms with van der Waals surface area (Å²) in [6.45, 7) is 7.51. The van der Waals surface area contributed by atoms with Crippen LogP contribution in [0.4, 0.5) is 44.6 Å². The monoisotopic (exact) mass is 772 g/mol. The first-order valence-electron chi connectivity index (χ1n) is 19.9. The van der Waals surface area contributed by atoms with Gasteiger partial charge in [-0.15, -0.1) is 0 Å². The van der Waals surface area contributed by atoms with Gasteiger partial charge in [-0.3, -0.25) is 24.1 Å². The van der Waals surface area contributed by atoms with Crippen molar-refractivity contribution in [1.29, 1.82) is 0 Å². The molecule has 288 valence electrons. The van der Waals surface area contributed by atoms with Crippen molar-refractivity contribution in [3.8, 4) is 0 Å². The van der Waals surface area contributed by atoms with E-state index in [4.69, 9.17) is 9.97 Å². The van der Waals surface area contributed by atoms with Gasteiger partial charge in [-0.05, 0) is 98.2 Å². The lowest BCUT2D eigenvalue weighted by Crippen LogP contribution is -2.47. The average molecular weight is 773 g/mol. The minimum atomic E-state index is -0.253. The number of rotatable bonds is 9. The van der Waals surface area contributed by atoms with Crippen LogP contribution in [0.15, 0.2) is 72.9 Å². The van der Waals surface area contributed by atoms with Gasteiger partial charge in [0.05, 0.1) is 40.5 Å². The van der Waals surface area contributed by atoms with Gasteiger partial charge >= 0.3 is 0 Å². The van der Waals surface area contributed by atoms with Crippen LogP contribution in [-0.4, -0.2) is 84.0 Å². The molecule has 2 amide bonds. The number of fused-ring (bicyclic) bond motifs is 1. The number of para-hydroxylation sites is 1. The normalized spacial score (nSPS) is 20.3. The van der Waals surface area contributed by atoms with Crippen molar-refractivity contribution in [2.45, 2.75) is 44.4 Å². The largest absolute Gasteiger partial charge is 0.372 e. The Morgan fingerprint density at radius 2 is 1.68 bits per heavy atom. The molecule has 3 fully saturated rings. The average Bonchev–Trinajstić information content (AvgIpc) is 3.97. The standard InChI is InChI=1S/C42H45FN10O2S/c43-34-26-30(45-42-47-39-33(12-17-44-39)40(48-42)53-36-3-1-2-29-16-21-52(56-53)38(29)36)6-10-35(34)51-24-22-49(23-25-51)18-13-27-14-19-50(20-15-27)31-7-4-28(5-8-31)32-9-11-37(54)46-41(32)55/h1-8,10,12,17,26-27,32H,9,11,13-16,18-25H2,(H,46,54,55)(H2,44,45,47,48). The van der Waals surface area contributed by atoms with Crippen molar-refractivity contribution in [3.63, 3.8) is 0 Å². The number of H-pyrrole nitrogens is 1. The first kappa shape index (κ1) is 35.1. The summed E-state index contributed by atoms with van der Waals surface area (Å²) in [7, 11) is 0. The van der Waals surface area contributed by atoms with Crippen molar-refractivity contribution in [2.24, 2.45) is 5.92 Å². The SMILES string of the molecule is O=C1CCC(c2ccc(N3CCC(CCN4CCN(c5ccc(Nc6nc(N7SN8CCc9cccc7c98)c7cc[nH]c7n6)cc5F)CC4)CC3)cc2)C(=O)N1. The molecule has 0 spiro atoms. The van der Waals surface area contributed by atoms with Gasteiger partial charge in [0.25, 0.3) is 0 Å². The predicted molar refractivity (Wildman–Crippen MR) is 221 cm³/mol. The Balaban J connectivity index is 0.711. The zero-order valence-corrected chi connectivity index (χ0v) is 32.0. The summed E-state index contributed by atoms with van der Waals surface area (Å²) in [6.07, 6.45) is 7.40. The van der Waals surface area contributed by atoms with E-state index in [-0.39, 0.29) is 23.5 Å². The number of nitrogens with one attached hydrogen (secondary N) is 3. The smallest absolute Gasteiger partial charge is 0.234 e. The highest BCUT2D eigenvalue weighted by Crippen LogP contribution is 2.53. The van der Waals surface area contributed by atoms with Gasteiger partial charge in [0, 0.05) is 69.8 Å². The third-order valence-corrected chi connectivity index (χ3v) is 13.3. The number of piperidine rings is 2. The molecule has 5 aliphatic heterocycles. The number of hydrogen-bond acceptors (Lipinski definition) is 11. The lowest BCUT2D eigenvalue weighted by Gasteiger charge is -2.38. The number of benzene rings is 3. The van der Waals surface area contributed by atoms with Crippen LogP contribution >= 0.6 is 12.1 Å². The molecular formula is C42H45FN10O2S. The van der Waals surface area contributed by atoms with E-state index >= 15 is 4.39 Å². The zero-order valence-electron chi connectivity index (χ0n) is 31.2. The second kappa shape index (κ2) is 14.6. The number of anilines is 7. The van der Waals surface area contributed by atoms with Crippen molar-refractivity contribution >= 4 is 75.2 Å². The van der Waals surface area contributed by atoms with Crippen molar-refractivity contribution in [3.05, 3.63) is 89.9 Å². The fourth-order valence-electron chi connectivity index (χ4n) is 9.03. The summed E-state index contributed by atoms with van der Waals surface area (Å²) >= 11 is 1.66. The molecule has 10 rings (SSSR count). The molecule has 1 unspecified atom stereocenters. The third-order valence-electron chi connectivity index (χ3n) is 12.2. The summed E-state index contributed by atoms with van der Waals surface area (Å²) in [6, 6.07) is 22.1. The van der Waals surface area contributed by atoms with Gasteiger partial charge < -0.3 is 20.1 Å². The fraction of sp³-hybridized carbons (Fsp3) is 0.381. The topological polar surface area (TPSA) is 116 Å². The third kappa shape index (κ3) is 6.68. The molecule has 1 atom stereocenters. The van der Waals surface area contributed by atoms with E-state index in [1.807, 2.05) is 36.5 Å². The summed E-state index contributed by atoms with van der Waals surface area (Å²) in [5, 5.41) is 6.68. The second-order valence-electron chi connectivity index (χ2n) is 15.6. The number of piperazine rings is 1. The van der Waals surface area contributed by atoms with Crippen LogP contribution < -0.4 is 29.0 Å². The fourth-order valence-corrected chi connectivity index (χ4v) is 10.1. The van der Waals surface area contributed by atoms with Crippen LogP contribution in [-0.2, 0) is 16.0 Å². The molecule has 12 nitrogen and oxygen atoms in total. The molecule has 0 bridgehead atoms. The predicted octanol–water partition coefficient (Wildman–Crippen LogP) is 6.87. The maximum atomic E-state index is 15.7. The number of imide groups is 1. The Morgan fingerprint density at radius 1 is 0.839 bits per heavy atom. The molecule has 0 saturated carbocycles. The van der Waals surface area contributed by atoms with Crippen LogP contribution in [0, 0.1) is 11.7 Å². The summed E-state index contributed by atoms with van der Waals surface area (Å²) in [5.41, 5.74) is 7.88. The van der Waals surface area contributed by atoms with Crippen LogP contribution in [0.2, 0.25) is 0 Å².